The Morgan fingerprint density at radius 3 is 2.32 bits per heavy atom. The molecule has 140 valence electrons. The van der Waals surface area contributed by atoms with Gasteiger partial charge in [-0.3, -0.25) is 0 Å². The third kappa shape index (κ3) is 8.81. The first-order valence-corrected chi connectivity index (χ1v) is 9.06. The molecule has 1 aromatic rings. The van der Waals surface area contributed by atoms with Crippen LogP contribution in [-0.2, 0) is 4.74 Å². The van der Waals surface area contributed by atoms with Crippen LogP contribution in [0.2, 0.25) is 0 Å². The number of anilines is 1. The topological polar surface area (TPSA) is 56.8 Å². The van der Waals surface area contributed by atoms with Crippen molar-refractivity contribution in [1.29, 1.82) is 0 Å². The SMILES string of the molecule is CCN(CC)CCOC(=O)c1ccc(NC(=S)NCCN(C)C)cc1. The Labute approximate surface area is 156 Å². The van der Waals surface area contributed by atoms with Crippen molar-refractivity contribution < 1.29 is 9.53 Å². The highest BCUT2D eigenvalue weighted by atomic mass is 32.1. The Hall–Kier alpha value is -1.70. The number of hydrogen-bond acceptors (Lipinski definition) is 5. The van der Waals surface area contributed by atoms with E-state index < -0.39 is 0 Å². The molecule has 1 aromatic carbocycles. The van der Waals surface area contributed by atoms with Crippen molar-refractivity contribution in [3.8, 4) is 0 Å². The Kier molecular flexibility index (Phi) is 10.1. The number of likely N-dealkylation sites (N-methyl/N-ethyl adjacent to an activating group) is 2. The number of carbonyl (C=O) groups is 1. The number of nitrogens with zero attached hydrogens (tertiary/aromatic N) is 2. The zero-order valence-corrected chi connectivity index (χ0v) is 16.5. The monoisotopic (exact) mass is 366 g/mol. The molecule has 0 aliphatic rings. The molecule has 0 aromatic heterocycles. The van der Waals surface area contributed by atoms with Crippen molar-refractivity contribution in [3.05, 3.63) is 29.8 Å². The van der Waals surface area contributed by atoms with Crippen LogP contribution in [0.3, 0.4) is 0 Å². The molecule has 2 N–H and O–H groups in total. The number of ether oxygens (including phenoxy) is 1. The predicted octanol–water partition coefficient (Wildman–Crippen LogP) is 2.03. The van der Waals surface area contributed by atoms with E-state index in [1.54, 1.807) is 12.1 Å². The number of hydrogen-bond donors (Lipinski definition) is 2. The van der Waals surface area contributed by atoms with Gasteiger partial charge in [0.25, 0.3) is 0 Å². The molecule has 0 heterocycles. The molecule has 0 saturated heterocycles. The van der Waals surface area contributed by atoms with Crippen molar-refractivity contribution in [2.24, 2.45) is 0 Å². The molecule has 0 fully saturated rings. The molecule has 0 atom stereocenters. The molecule has 0 spiro atoms. The largest absolute Gasteiger partial charge is 0.461 e. The zero-order chi connectivity index (χ0) is 18.7. The van der Waals surface area contributed by atoms with Gasteiger partial charge < -0.3 is 25.2 Å². The minimum atomic E-state index is -0.301. The molecule has 25 heavy (non-hydrogen) atoms. The van der Waals surface area contributed by atoms with Crippen molar-refractivity contribution >= 4 is 29.0 Å². The van der Waals surface area contributed by atoms with E-state index in [0.717, 1.165) is 38.4 Å². The van der Waals surface area contributed by atoms with Crippen molar-refractivity contribution in [2.45, 2.75) is 13.8 Å². The van der Waals surface area contributed by atoms with Crippen LogP contribution >= 0.6 is 12.2 Å². The van der Waals surface area contributed by atoms with Crippen LogP contribution in [-0.4, -0.2) is 74.3 Å². The Balaban J connectivity index is 2.39. The van der Waals surface area contributed by atoms with E-state index in [2.05, 4.69) is 34.3 Å². The first-order valence-electron chi connectivity index (χ1n) is 8.65. The molecule has 1 rings (SSSR count). The average molecular weight is 367 g/mol. The van der Waals surface area contributed by atoms with E-state index in [9.17, 15) is 4.79 Å². The summed E-state index contributed by atoms with van der Waals surface area (Å²) in [5.41, 5.74) is 1.37. The smallest absolute Gasteiger partial charge is 0.338 e. The van der Waals surface area contributed by atoms with E-state index >= 15 is 0 Å². The maximum absolute atomic E-state index is 12.0. The van der Waals surface area contributed by atoms with Crippen molar-refractivity contribution in [3.63, 3.8) is 0 Å². The quantitative estimate of drug-likeness (QED) is 0.485. The van der Waals surface area contributed by atoms with Crippen LogP contribution < -0.4 is 10.6 Å². The first-order chi connectivity index (χ1) is 12.0. The van der Waals surface area contributed by atoms with E-state index in [0.29, 0.717) is 17.3 Å². The van der Waals surface area contributed by atoms with Crippen LogP contribution in [0.5, 0.6) is 0 Å². The van der Waals surface area contributed by atoms with Crippen molar-refractivity contribution in [2.75, 3.05) is 58.7 Å². The van der Waals surface area contributed by atoms with Gasteiger partial charge in [0.1, 0.15) is 6.61 Å². The summed E-state index contributed by atoms with van der Waals surface area (Å²) in [6.45, 7) is 8.93. The van der Waals surface area contributed by atoms with Gasteiger partial charge >= 0.3 is 5.97 Å². The summed E-state index contributed by atoms with van der Waals surface area (Å²) in [5.74, 6) is -0.301. The highest BCUT2D eigenvalue weighted by Gasteiger charge is 2.08. The molecule has 0 aliphatic carbocycles. The van der Waals surface area contributed by atoms with Gasteiger partial charge in [0.15, 0.2) is 5.11 Å². The van der Waals surface area contributed by atoms with Crippen LogP contribution in [0, 0.1) is 0 Å². The molecule has 0 radical (unpaired) electrons. The second-order valence-electron chi connectivity index (χ2n) is 5.92. The zero-order valence-electron chi connectivity index (χ0n) is 15.7. The summed E-state index contributed by atoms with van der Waals surface area (Å²) in [5, 5.41) is 6.80. The highest BCUT2D eigenvalue weighted by molar-refractivity contribution is 7.80. The van der Waals surface area contributed by atoms with Gasteiger partial charge in [-0.25, -0.2) is 4.79 Å². The lowest BCUT2D eigenvalue weighted by Gasteiger charge is -2.17. The summed E-state index contributed by atoms with van der Waals surface area (Å²) in [6, 6.07) is 7.12. The van der Waals surface area contributed by atoms with Gasteiger partial charge in [-0.1, -0.05) is 13.8 Å². The minimum Gasteiger partial charge on any atom is -0.461 e. The maximum atomic E-state index is 12.0. The normalized spacial score (nSPS) is 10.8. The van der Waals surface area contributed by atoms with E-state index in [1.807, 2.05) is 26.2 Å². The lowest BCUT2D eigenvalue weighted by molar-refractivity contribution is 0.0466. The molecule has 0 aliphatic heterocycles. The molecule has 0 bridgehead atoms. The molecule has 6 nitrogen and oxygen atoms in total. The lowest BCUT2D eigenvalue weighted by atomic mass is 10.2. The minimum absolute atomic E-state index is 0.301. The van der Waals surface area contributed by atoms with Crippen molar-refractivity contribution in [1.82, 2.24) is 15.1 Å². The van der Waals surface area contributed by atoms with Gasteiger partial charge in [0, 0.05) is 25.3 Å². The third-order valence-electron chi connectivity index (χ3n) is 3.76. The van der Waals surface area contributed by atoms with E-state index in [4.69, 9.17) is 17.0 Å². The highest BCUT2D eigenvalue weighted by Crippen LogP contribution is 2.10. The maximum Gasteiger partial charge on any atom is 0.338 e. The fraction of sp³-hybridized carbons (Fsp3) is 0.556. The van der Waals surface area contributed by atoms with Gasteiger partial charge in [0.05, 0.1) is 5.56 Å². The third-order valence-corrected chi connectivity index (χ3v) is 4.00. The second-order valence-corrected chi connectivity index (χ2v) is 6.33. The Morgan fingerprint density at radius 1 is 1.12 bits per heavy atom. The van der Waals surface area contributed by atoms with Crippen LogP contribution in [0.4, 0.5) is 5.69 Å². The average Bonchev–Trinajstić information content (AvgIpc) is 2.59. The number of thiocarbonyl (C=S) groups is 1. The number of esters is 1. The molecule has 0 amide bonds. The standard InChI is InChI=1S/C18H30N4O2S/c1-5-22(6-2)13-14-24-17(23)15-7-9-16(10-8-15)20-18(25)19-11-12-21(3)4/h7-10H,5-6,11-14H2,1-4H3,(H2,19,20,25). The van der Waals surface area contributed by atoms with E-state index in [1.165, 1.54) is 0 Å². The molecule has 7 heteroatoms. The van der Waals surface area contributed by atoms with Gasteiger partial charge in [0.2, 0.25) is 0 Å². The lowest BCUT2D eigenvalue weighted by Crippen LogP contribution is -2.34. The first kappa shape index (κ1) is 21.3. The van der Waals surface area contributed by atoms with Crippen LogP contribution in [0.1, 0.15) is 24.2 Å². The summed E-state index contributed by atoms with van der Waals surface area (Å²) >= 11 is 5.24. The Bertz CT molecular complexity index is 530. The number of benzene rings is 1. The van der Waals surface area contributed by atoms with Crippen LogP contribution in [0.25, 0.3) is 0 Å². The second kappa shape index (κ2) is 11.8. The Morgan fingerprint density at radius 2 is 1.76 bits per heavy atom. The molecular formula is C18H30N4O2S. The summed E-state index contributed by atoms with van der Waals surface area (Å²) in [7, 11) is 4.02. The number of carbonyl (C=O) groups excluding carboxylic acids is 1. The van der Waals surface area contributed by atoms with E-state index in [-0.39, 0.29) is 5.97 Å². The van der Waals surface area contributed by atoms with Gasteiger partial charge in [-0.05, 0) is 63.7 Å². The molecule has 0 saturated carbocycles. The fourth-order valence-corrected chi connectivity index (χ4v) is 2.37. The van der Waals surface area contributed by atoms with Gasteiger partial charge in [-0.15, -0.1) is 0 Å². The molecule has 0 unspecified atom stereocenters. The molecular weight excluding hydrogens is 336 g/mol. The predicted molar refractivity (Wildman–Crippen MR) is 107 cm³/mol. The summed E-state index contributed by atoms with van der Waals surface area (Å²) < 4.78 is 5.31. The number of rotatable bonds is 10. The van der Waals surface area contributed by atoms with Crippen LogP contribution in [0.15, 0.2) is 24.3 Å². The summed E-state index contributed by atoms with van der Waals surface area (Å²) in [4.78, 5) is 16.3. The number of nitrogens with one attached hydrogen (secondary N) is 2. The summed E-state index contributed by atoms with van der Waals surface area (Å²) in [6.07, 6.45) is 0. The van der Waals surface area contributed by atoms with Gasteiger partial charge in [-0.2, -0.15) is 0 Å². The fourth-order valence-electron chi connectivity index (χ4n) is 2.15.